The number of sulfonamides is 1. The molecule has 0 saturated heterocycles. The van der Waals surface area contributed by atoms with Crippen LogP contribution in [0.3, 0.4) is 0 Å². The molecule has 6 nitrogen and oxygen atoms in total. The van der Waals surface area contributed by atoms with Crippen LogP contribution in [0.25, 0.3) is 0 Å². The molecule has 9 heteroatoms. The number of nitrogens with one attached hydrogen (secondary N) is 3. The summed E-state index contributed by atoms with van der Waals surface area (Å²) >= 11 is 2.94. The van der Waals surface area contributed by atoms with Crippen LogP contribution in [-0.2, 0) is 10.0 Å². The molecule has 0 aliphatic rings. The first-order valence-corrected chi connectivity index (χ1v) is 11.4. The molecule has 2 heterocycles. The van der Waals surface area contributed by atoms with Gasteiger partial charge in [-0.25, -0.2) is 13.1 Å². The zero-order chi connectivity index (χ0) is 18.1. The number of hydrogen-bond donors (Lipinski definition) is 3. The summed E-state index contributed by atoms with van der Waals surface area (Å²) in [6.07, 6.45) is 0. The van der Waals surface area contributed by atoms with Crippen LogP contribution in [0.15, 0.2) is 44.2 Å². The summed E-state index contributed by atoms with van der Waals surface area (Å²) in [5.74, 6) is 1.05. The first-order valence-electron chi connectivity index (χ1n) is 8.11. The van der Waals surface area contributed by atoms with Gasteiger partial charge in [-0.1, -0.05) is 19.1 Å². The summed E-state index contributed by atoms with van der Waals surface area (Å²) < 4.78 is 27.0. The van der Waals surface area contributed by atoms with Crippen molar-refractivity contribution in [3.63, 3.8) is 0 Å². The molecule has 1 atom stereocenters. The summed E-state index contributed by atoms with van der Waals surface area (Å²) in [4.78, 5) is 5.89. The van der Waals surface area contributed by atoms with Crippen LogP contribution in [0.5, 0.6) is 0 Å². The summed E-state index contributed by atoms with van der Waals surface area (Å²) in [7, 11) is -3.41. The van der Waals surface area contributed by atoms with E-state index in [0.29, 0.717) is 35.7 Å². The third kappa shape index (κ3) is 6.43. The lowest BCUT2D eigenvalue weighted by Gasteiger charge is -2.13. The standard InChI is InChI=1S/C16H24N4O2S3/c1-3-17-16(19-12-13(2)14-6-4-10-23-14)18-8-9-20-25(21,22)15-7-5-11-24-15/h4-7,10-11,13,20H,3,8-9,12H2,1-2H3,(H2,17,18,19). The molecular formula is C16H24N4O2S3. The molecule has 0 aromatic carbocycles. The number of nitrogens with zero attached hydrogens (tertiary/aromatic N) is 1. The fraction of sp³-hybridized carbons (Fsp3) is 0.438. The van der Waals surface area contributed by atoms with Gasteiger partial charge in [-0.2, -0.15) is 0 Å². The maximum Gasteiger partial charge on any atom is 0.250 e. The minimum absolute atomic E-state index is 0.297. The lowest BCUT2D eigenvalue weighted by Crippen LogP contribution is -2.41. The second kappa shape index (κ2) is 9.91. The summed E-state index contributed by atoms with van der Waals surface area (Å²) in [6.45, 7) is 6.33. The maximum absolute atomic E-state index is 12.0. The van der Waals surface area contributed by atoms with Gasteiger partial charge < -0.3 is 10.6 Å². The second-order valence-corrected chi connectivity index (χ2v) is 9.31. The predicted molar refractivity (Wildman–Crippen MR) is 106 cm³/mol. The van der Waals surface area contributed by atoms with Gasteiger partial charge in [0.2, 0.25) is 10.0 Å². The van der Waals surface area contributed by atoms with E-state index in [0.717, 1.165) is 6.54 Å². The first kappa shape index (κ1) is 19.9. The van der Waals surface area contributed by atoms with Gasteiger partial charge in [0, 0.05) is 30.4 Å². The molecule has 0 spiro atoms. The first-order chi connectivity index (χ1) is 12.0. The normalized spacial score (nSPS) is 13.6. The van der Waals surface area contributed by atoms with Crippen molar-refractivity contribution in [2.75, 3.05) is 26.2 Å². The molecule has 2 aromatic rings. The fourth-order valence-corrected chi connectivity index (χ4v) is 4.93. The quantitative estimate of drug-likeness (QED) is 0.343. The van der Waals surface area contributed by atoms with Gasteiger partial charge in [-0.3, -0.25) is 4.99 Å². The van der Waals surface area contributed by atoms with E-state index in [1.165, 1.54) is 16.2 Å². The molecule has 25 heavy (non-hydrogen) atoms. The Labute approximate surface area is 157 Å². The van der Waals surface area contributed by atoms with Crippen molar-refractivity contribution in [1.82, 2.24) is 15.4 Å². The van der Waals surface area contributed by atoms with E-state index in [1.54, 1.807) is 28.8 Å². The van der Waals surface area contributed by atoms with Crippen molar-refractivity contribution in [2.45, 2.75) is 24.0 Å². The van der Waals surface area contributed by atoms with Crippen LogP contribution >= 0.6 is 22.7 Å². The summed E-state index contributed by atoms with van der Waals surface area (Å²) in [6, 6.07) is 7.48. The minimum atomic E-state index is -3.41. The third-order valence-electron chi connectivity index (χ3n) is 3.37. The average Bonchev–Trinajstić information content (AvgIpc) is 3.29. The monoisotopic (exact) mass is 400 g/mol. The molecule has 3 N–H and O–H groups in total. The Morgan fingerprint density at radius 1 is 1.16 bits per heavy atom. The van der Waals surface area contributed by atoms with Crippen molar-refractivity contribution < 1.29 is 8.42 Å². The Hall–Kier alpha value is -1.42. The number of guanidine groups is 1. The van der Waals surface area contributed by atoms with Gasteiger partial charge in [0.1, 0.15) is 4.21 Å². The molecule has 138 valence electrons. The topological polar surface area (TPSA) is 82.6 Å². The molecule has 0 radical (unpaired) electrons. The Morgan fingerprint density at radius 2 is 1.92 bits per heavy atom. The zero-order valence-electron chi connectivity index (χ0n) is 14.4. The third-order valence-corrected chi connectivity index (χ3v) is 7.33. The van der Waals surface area contributed by atoms with Gasteiger partial charge >= 0.3 is 0 Å². The van der Waals surface area contributed by atoms with Crippen molar-refractivity contribution in [3.8, 4) is 0 Å². The van der Waals surface area contributed by atoms with Crippen LogP contribution < -0.4 is 15.4 Å². The zero-order valence-corrected chi connectivity index (χ0v) is 16.8. The predicted octanol–water partition coefficient (Wildman–Crippen LogP) is 2.45. The Morgan fingerprint density at radius 3 is 2.56 bits per heavy atom. The molecule has 0 saturated carbocycles. The van der Waals surface area contributed by atoms with E-state index in [4.69, 9.17) is 0 Å². The highest BCUT2D eigenvalue weighted by Crippen LogP contribution is 2.20. The van der Waals surface area contributed by atoms with Gasteiger partial charge in [-0.05, 0) is 29.8 Å². The highest BCUT2D eigenvalue weighted by atomic mass is 32.2. The SMILES string of the molecule is CCNC(=NCC(C)c1cccs1)NCCNS(=O)(=O)c1cccs1. The van der Waals surface area contributed by atoms with Gasteiger partial charge in [0.25, 0.3) is 0 Å². The molecule has 0 amide bonds. The van der Waals surface area contributed by atoms with Crippen LogP contribution in [-0.4, -0.2) is 40.6 Å². The minimum Gasteiger partial charge on any atom is -0.357 e. The molecule has 2 aromatic heterocycles. The molecule has 0 aliphatic carbocycles. The van der Waals surface area contributed by atoms with Crippen LogP contribution in [0.2, 0.25) is 0 Å². The van der Waals surface area contributed by atoms with E-state index in [2.05, 4.69) is 38.7 Å². The molecule has 0 bridgehead atoms. The molecule has 2 rings (SSSR count). The smallest absolute Gasteiger partial charge is 0.250 e. The molecular weight excluding hydrogens is 376 g/mol. The van der Waals surface area contributed by atoms with Crippen molar-refractivity contribution in [2.24, 2.45) is 4.99 Å². The van der Waals surface area contributed by atoms with Crippen LogP contribution in [0.1, 0.15) is 24.6 Å². The van der Waals surface area contributed by atoms with Crippen molar-refractivity contribution in [1.29, 1.82) is 0 Å². The number of thiophene rings is 2. The van der Waals surface area contributed by atoms with E-state index in [1.807, 2.05) is 13.0 Å². The van der Waals surface area contributed by atoms with E-state index >= 15 is 0 Å². The molecule has 0 fully saturated rings. The number of rotatable bonds is 9. The van der Waals surface area contributed by atoms with Gasteiger partial charge in [0.15, 0.2) is 5.96 Å². The fourth-order valence-electron chi connectivity index (χ4n) is 2.09. The van der Waals surface area contributed by atoms with E-state index in [9.17, 15) is 8.42 Å². The lowest BCUT2D eigenvalue weighted by molar-refractivity contribution is 0.582. The van der Waals surface area contributed by atoms with E-state index < -0.39 is 10.0 Å². The van der Waals surface area contributed by atoms with Crippen molar-refractivity contribution in [3.05, 3.63) is 39.9 Å². The highest BCUT2D eigenvalue weighted by Gasteiger charge is 2.13. The Balaban J connectivity index is 1.80. The highest BCUT2D eigenvalue weighted by molar-refractivity contribution is 7.91. The van der Waals surface area contributed by atoms with Crippen LogP contribution in [0, 0.1) is 0 Å². The van der Waals surface area contributed by atoms with Gasteiger partial charge in [0.05, 0.1) is 6.54 Å². The van der Waals surface area contributed by atoms with Gasteiger partial charge in [-0.15, -0.1) is 22.7 Å². The summed E-state index contributed by atoms with van der Waals surface area (Å²) in [5, 5.41) is 10.1. The molecule has 0 aliphatic heterocycles. The Bertz CT molecular complexity index is 740. The molecule has 1 unspecified atom stereocenters. The van der Waals surface area contributed by atoms with Crippen molar-refractivity contribution >= 4 is 38.7 Å². The largest absolute Gasteiger partial charge is 0.357 e. The average molecular weight is 401 g/mol. The summed E-state index contributed by atoms with van der Waals surface area (Å²) in [5.41, 5.74) is 0. The number of aliphatic imine (C=N–C) groups is 1. The van der Waals surface area contributed by atoms with Crippen LogP contribution in [0.4, 0.5) is 0 Å². The maximum atomic E-state index is 12.0. The second-order valence-electron chi connectivity index (χ2n) is 5.39. The Kier molecular flexibility index (Phi) is 7.89. The van der Waals surface area contributed by atoms with E-state index in [-0.39, 0.29) is 0 Å². The lowest BCUT2D eigenvalue weighted by atomic mass is 10.1. The number of hydrogen-bond acceptors (Lipinski definition) is 5.